The van der Waals surface area contributed by atoms with Gasteiger partial charge in [-0.05, 0) is 44.7 Å². The van der Waals surface area contributed by atoms with Gasteiger partial charge in [0.1, 0.15) is 0 Å². The number of rotatable bonds is 8. The molecule has 118 valence electrons. The first-order valence-electron chi connectivity index (χ1n) is 8.54. The van der Waals surface area contributed by atoms with Gasteiger partial charge in [0.2, 0.25) is 5.91 Å². The van der Waals surface area contributed by atoms with E-state index in [1.807, 2.05) is 0 Å². The highest BCUT2D eigenvalue weighted by Gasteiger charge is 2.37. The van der Waals surface area contributed by atoms with Gasteiger partial charge in [-0.2, -0.15) is 0 Å². The SMILES string of the molecule is CCCCC(CCC)NC(=O)C(C)(C)C1CCCNC1. The van der Waals surface area contributed by atoms with Crippen molar-refractivity contribution < 1.29 is 4.79 Å². The van der Waals surface area contributed by atoms with Gasteiger partial charge in [-0.1, -0.05) is 47.0 Å². The summed E-state index contributed by atoms with van der Waals surface area (Å²) in [4.78, 5) is 12.7. The van der Waals surface area contributed by atoms with Gasteiger partial charge in [0.25, 0.3) is 0 Å². The summed E-state index contributed by atoms with van der Waals surface area (Å²) in [5.41, 5.74) is -0.258. The zero-order chi connectivity index (χ0) is 15.0. The van der Waals surface area contributed by atoms with E-state index in [0.717, 1.165) is 32.4 Å². The van der Waals surface area contributed by atoms with Crippen LogP contribution in [0.2, 0.25) is 0 Å². The van der Waals surface area contributed by atoms with Crippen LogP contribution in [0.5, 0.6) is 0 Å². The summed E-state index contributed by atoms with van der Waals surface area (Å²) >= 11 is 0. The Kier molecular flexibility index (Phi) is 7.57. The summed E-state index contributed by atoms with van der Waals surface area (Å²) in [5, 5.41) is 6.75. The van der Waals surface area contributed by atoms with E-state index in [9.17, 15) is 4.79 Å². The van der Waals surface area contributed by atoms with Crippen LogP contribution in [0.25, 0.3) is 0 Å². The van der Waals surface area contributed by atoms with Crippen molar-refractivity contribution in [3.63, 3.8) is 0 Å². The van der Waals surface area contributed by atoms with Crippen molar-refractivity contribution in [2.45, 2.75) is 78.7 Å². The van der Waals surface area contributed by atoms with Crippen LogP contribution in [0.15, 0.2) is 0 Å². The second-order valence-corrected chi connectivity index (χ2v) is 6.87. The number of amides is 1. The number of hydrogen-bond donors (Lipinski definition) is 2. The van der Waals surface area contributed by atoms with Crippen LogP contribution >= 0.6 is 0 Å². The fourth-order valence-corrected chi connectivity index (χ4v) is 3.11. The normalized spacial score (nSPS) is 21.5. The summed E-state index contributed by atoms with van der Waals surface area (Å²) in [6.45, 7) is 10.7. The molecule has 2 atom stereocenters. The minimum Gasteiger partial charge on any atom is -0.353 e. The van der Waals surface area contributed by atoms with Crippen molar-refractivity contribution in [3.8, 4) is 0 Å². The smallest absolute Gasteiger partial charge is 0.226 e. The zero-order valence-corrected chi connectivity index (χ0v) is 13.9. The molecule has 20 heavy (non-hydrogen) atoms. The third-order valence-electron chi connectivity index (χ3n) is 4.78. The number of carbonyl (C=O) groups is 1. The Morgan fingerprint density at radius 3 is 2.60 bits per heavy atom. The van der Waals surface area contributed by atoms with E-state index < -0.39 is 0 Å². The Balaban J connectivity index is 2.56. The van der Waals surface area contributed by atoms with E-state index in [0.29, 0.717) is 12.0 Å². The molecular weight excluding hydrogens is 248 g/mol. The Morgan fingerprint density at radius 2 is 2.05 bits per heavy atom. The van der Waals surface area contributed by atoms with Crippen LogP contribution in [0, 0.1) is 11.3 Å². The van der Waals surface area contributed by atoms with Crippen molar-refractivity contribution in [1.82, 2.24) is 10.6 Å². The molecule has 2 unspecified atom stereocenters. The molecular formula is C17H34N2O. The van der Waals surface area contributed by atoms with Crippen molar-refractivity contribution in [1.29, 1.82) is 0 Å². The Morgan fingerprint density at radius 1 is 1.30 bits per heavy atom. The Labute approximate surface area is 125 Å². The molecule has 0 spiro atoms. The molecule has 1 saturated heterocycles. The maximum absolute atomic E-state index is 12.7. The van der Waals surface area contributed by atoms with Crippen LogP contribution < -0.4 is 10.6 Å². The topological polar surface area (TPSA) is 41.1 Å². The molecule has 1 aliphatic heterocycles. The first kappa shape index (κ1) is 17.5. The number of hydrogen-bond acceptors (Lipinski definition) is 2. The van der Waals surface area contributed by atoms with Gasteiger partial charge in [0, 0.05) is 11.5 Å². The lowest BCUT2D eigenvalue weighted by Crippen LogP contribution is -2.49. The maximum atomic E-state index is 12.7. The average molecular weight is 282 g/mol. The van der Waals surface area contributed by atoms with Gasteiger partial charge in [-0.3, -0.25) is 4.79 Å². The van der Waals surface area contributed by atoms with Gasteiger partial charge >= 0.3 is 0 Å². The van der Waals surface area contributed by atoms with E-state index >= 15 is 0 Å². The lowest BCUT2D eigenvalue weighted by Gasteiger charge is -2.37. The van der Waals surface area contributed by atoms with E-state index in [1.165, 1.54) is 25.7 Å². The standard InChI is InChI=1S/C17H34N2O/c1-5-7-11-15(9-6-2)19-16(20)17(3,4)14-10-8-12-18-13-14/h14-15,18H,5-13H2,1-4H3,(H,19,20). The lowest BCUT2D eigenvalue weighted by atomic mass is 9.74. The fraction of sp³-hybridized carbons (Fsp3) is 0.941. The van der Waals surface area contributed by atoms with E-state index in [4.69, 9.17) is 0 Å². The minimum atomic E-state index is -0.258. The first-order valence-corrected chi connectivity index (χ1v) is 8.54. The highest BCUT2D eigenvalue weighted by atomic mass is 16.2. The predicted molar refractivity (Wildman–Crippen MR) is 85.7 cm³/mol. The molecule has 0 aromatic rings. The molecule has 1 heterocycles. The van der Waals surface area contributed by atoms with Gasteiger partial charge in [0.15, 0.2) is 0 Å². The summed E-state index contributed by atoms with van der Waals surface area (Å²) in [6, 6.07) is 0.364. The molecule has 0 aliphatic carbocycles. The van der Waals surface area contributed by atoms with Gasteiger partial charge in [-0.15, -0.1) is 0 Å². The molecule has 3 heteroatoms. The second-order valence-electron chi connectivity index (χ2n) is 6.87. The van der Waals surface area contributed by atoms with Crippen molar-refractivity contribution >= 4 is 5.91 Å². The van der Waals surface area contributed by atoms with E-state index in [2.05, 4.69) is 38.3 Å². The summed E-state index contributed by atoms with van der Waals surface area (Å²) in [6.07, 6.45) is 8.12. The summed E-state index contributed by atoms with van der Waals surface area (Å²) < 4.78 is 0. The molecule has 1 fully saturated rings. The van der Waals surface area contributed by atoms with Crippen LogP contribution in [0.1, 0.15) is 72.6 Å². The number of carbonyl (C=O) groups excluding carboxylic acids is 1. The third-order valence-corrected chi connectivity index (χ3v) is 4.78. The number of piperidine rings is 1. The van der Waals surface area contributed by atoms with Crippen molar-refractivity contribution in [2.24, 2.45) is 11.3 Å². The number of unbranched alkanes of at least 4 members (excludes halogenated alkanes) is 1. The molecule has 3 nitrogen and oxygen atoms in total. The molecule has 2 N–H and O–H groups in total. The molecule has 1 amide bonds. The zero-order valence-electron chi connectivity index (χ0n) is 13.9. The fourth-order valence-electron chi connectivity index (χ4n) is 3.11. The lowest BCUT2D eigenvalue weighted by molar-refractivity contribution is -0.133. The molecule has 1 rings (SSSR count). The van der Waals surface area contributed by atoms with Gasteiger partial charge in [-0.25, -0.2) is 0 Å². The molecule has 0 aromatic carbocycles. The minimum absolute atomic E-state index is 0.251. The summed E-state index contributed by atoms with van der Waals surface area (Å²) in [7, 11) is 0. The van der Waals surface area contributed by atoms with Crippen LogP contribution in [0.3, 0.4) is 0 Å². The molecule has 0 bridgehead atoms. The Bertz CT molecular complexity index is 283. The average Bonchev–Trinajstić information content (AvgIpc) is 2.45. The van der Waals surface area contributed by atoms with E-state index in [1.54, 1.807) is 0 Å². The maximum Gasteiger partial charge on any atom is 0.226 e. The molecule has 0 radical (unpaired) electrons. The highest BCUT2D eigenvalue weighted by Crippen LogP contribution is 2.32. The summed E-state index contributed by atoms with van der Waals surface area (Å²) in [5.74, 6) is 0.713. The predicted octanol–water partition coefficient (Wildman–Crippen LogP) is 3.49. The van der Waals surface area contributed by atoms with Crippen molar-refractivity contribution in [3.05, 3.63) is 0 Å². The van der Waals surface area contributed by atoms with Gasteiger partial charge in [0.05, 0.1) is 0 Å². The second kappa shape index (κ2) is 8.66. The van der Waals surface area contributed by atoms with Crippen LogP contribution in [0.4, 0.5) is 0 Å². The molecule has 1 aliphatic rings. The van der Waals surface area contributed by atoms with Crippen LogP contribution in [-0.2, 0) is 4.79 Å². The first-order chi connectivity index (χ1) is 9.52. The highest BCUT2D eigenvalue weighted by molar-refractivity contribution is 5.82. The van der Waals surface area contributed by atoms with Gasteiger partial charge < -0.3 is 10.6 Å². The quantitative estimate of drug-likeness (QED) is 0.715. The number of nitrogens with one attached hydrogen (secondary N) is 2. The Hall–Kier alpha value is -0.570. The molecule has 0 aromatic heterocycles. The van der Waals surface area contributed by atoms with E-state index in [-0.39, 0.29) is 11.3 Å². The monoisotopic (exact) mass is 282 g/mol. The van der Waals surface area contributed by atoms with Crippen molar-refractivity contribution in [2.75, 3.05) is 13.1 Å². The largest absolute Gasteiger partial charge is 0.353 e. The van der Waals surface area contributed by atoms with Crippen LogP contribution in [-0.4, -0.2) is 25.0 Å². The molecule has 0 saturated carbocycles. The third kappa shape index (κ3) is 5.08.